The number of hydrogen-bond donors (Lipinski definition) is 0. The third kappa shape index (κ3) is 6.49. The minimum Gasteiger partial charge on any atom is -0.371 e. The van der Waals surface area contributed by atoms with Crippen LogP contribution in [-0.2, 0) is 13.3 Å². The predicted molar refractivity (Wildman–Crippen MR) is 84.7 cm³/mol. The normalized spacial score (nSPS) is 15.2. The minimum absolute atomic E-state index is 0.671. The first-order valence-electron chi connectivity index (χ1n) is 8.44. The van der Waals surface area contributed by atoms with Crippen LogP contribution in [0.25, 0.3) is 0 Å². The second-order valence-electron chi connectivity index (χ2n) is 7.03. The van der Waals surface area contributed by atoms with Crippen LogP contribution in [-0.4, -0.2) is 51.1 Å². The maximum absolute atomic E-state index is 13.9. The van der Waals surface area contributed by atoms with Gasteiger partial charge in [0.05, 0.1) is 0 Å². The lowest BCUT2D eigenvalue weighted by Crippen LogP contribution is -2.61. The molecule has 0 aliphatic carbocycles. The van der Waals surface area contributed by atoms with Crippen molar-refractivity contribution in [1.82, 2.24) is 0 Å². The molecule has 0 rings (SSSR count). The highest BCUT2D eigenvalue weighted by Gasteiger charge is 2.81. The molecule has 0 bridgehead atoms. The second-order valence-corrected chi connectivity index (χ2v) is 9.61. The van der Waals surface area contributed by atoms with Crippen molar-refractivity contribution in [3.8, 4) is 0 Å². The molecule has 0 aromatic heterocycles. The van der Waals surface area contributed by atoms with Gasteiger partial charge in [0.2, 0.25) is 0 Å². The molecule has 0 aliphatic rings. The van der Waals surface area contributed by atoms with Gasteiger partial charge in [-0.3, -0.25) is 0 Å². The van der Waals surface area contributed by atoms with Crippen molar-refractivity contribution in [3.63, 3.8) is 0 Å². The summed E-state index contributed by atoms with van der Waals surface area (Å²) in [5.74, 6) is -19.3. The largest absolute Gasteiger partial charge is 0.501 e. The summed E-state index contributed by atoms with van der Waals surface area (Å²) in [6.45, 7) is 8.83. The van der Waals surface area contributed by atoms with E-state index < -0.39 is 63.5 Å². The highest BCUT2D eigenvalue weighted by Crippen LogP contribution is 2.54. The van der Waals surface area contributed by atoms with Crippen LogP contribution in [0, 0.1) is 0 Å². The Kier molecular flexibility index (Phi) is 8.91. The fourth-order valence-electron chi connectivity index (χ4n) is 2.21. The molecule has 170 valence electrons. The van der Waals surface area contributed by atoms with Gasteiger partial charge in [0, 0.05) is 30.8 Å². The standard InChI is InChI=1S/C15H25F9O3Si/c1-9(2)25-28(26-10(3)4,27-11(5)6)8-7-12(16,17)13(18,19)14(20,21)15(22,23)24/h9-11H,7-8H2,1-6H3. The van der Waals surface area contributed by atoms with Crippen molar-refractivity contribution >= 4 is 8.80 Å². The Morgan fingerprint density at radius 3 is 1.18 bits per heavy atom. The molecule has 0 saturated carbocycles. The second kappa shape index (κ2) is 9.09. The van der Waals surface area contributed by atoms with E-state index in [1.807, 2.05) is 0 Å². The van der Waals surface area contributed by atoms with E-state index in [1.165, 1.54) is 41.5 Å². The Hall–Kier alpha value is -0.533. The quantitative estimate of drug-likeness (QED) is 0.282. The van der Waals surface area contributed by atoms with Crippen molar-refractivity contribution in [2.75, 3.05) is 0 Å². The van der Waals surface area contributed by atoms with Crippen LogP contribution < -0.4 is 0 Å². The van der Waals surface area contributed by atoms with E-state index in [9.17, 15) is 39.5 Å². The van der Waals surface area contributed by atoms with E-state index in [1.54, 1.807) is 0 Å². The summed E-state index contributed by atoms with van der Waals surface area (Å²) in [5, 5.41) is 0. The van der Waals surface area contributed by atoms with Crippen molar-refractivity contribution in [2.24, 2.45) is 0 Å². The van der Waals surface area contributed by atoms with Crippen LogP contribution in [0.3, 0.4) is 0 Å². The molecule has 0 fully saturated rings. The third-order valence-corrected chi connectivity index (χ3v) is 6.55. The smallest absolute Gasteiger partial charge is 0.371 e. The van der Waals surface area contributed by atoms with Gasteiger partial charge in [0.25, 0.3) is 0 Å². The van der Waals surface area contributed by atoms with E-state index in [2.05, 4.69) is 0 Å². The molecule has 0 radical (unpaired) electrons. The number of halogens is 9. The third-order valence-electron chi connectivity index (χ3n) is 3.20. The molecule has 0 amide bonds. The van der Waals surface area contributed by atoms with Crippen LogP contribution in [0.15, 0.2) is 0 Å². The first-order chi connectivity index (χ1) is 12.2. The minimum atomic E-state index is -6.93. The van der Waals surface area contributed by atoms with Gasteiger partial charge in [-0.05, 0) is 41.5 Å². The average Bonchev–Trinajstić information content (AvgIpc) is 2.41. The SMILES string of the molecule is CC(C)O[Si](CCC(F)(F)C(F)(F)C(F)(F)C(F)(F)F)(OC(C)C)OC(C)C. The van der Waals surface area contributed by atoms with E-state index in [4.69, 9.17) is 13.3 Å². The Balaban J connectivity index is 5.83. The molecule has 0 unspecified atom stereocenters. The van der Waals surface area contributed by atoms with Crippen LogP contribution >= 0.6 is 0 Å². The highest BCUT2D eigenvalue weighted by molar-refractivity contribution is 6.60. The van der Waals surface area contributed by atoms with Crippen molar-refractivity contribution in [2.45, 2.75) is 96.3 Å². The summed E-state index contributed by atoms with van der Waals surface area (Å²) < 4.78 is 134. The van der Waals surface area contributed by atoms with Gasteiger partial charge in [0.15, 0.2) is 0 Å². The predicted octanol–water partition coefficient (Wildman–Crippen LogP) is 6.06. The summed E-state index contributed by atoms with van der Waals surface area (Å²) >= 11 is 0. The molecule has 0 aromatic rings. The molecule has 13 heteroatoms. The van der Waals surface area contributed by atoms with E-state index in [0.717, 1.165) is 0 Å². The van der Waals surface area contributed by atoms with Crippen molar-refractivity contribution in [1.29, 1.82) is 0 Å². The van der Waals surface area contributed by atoms with Crippen LogP contribution in [0.5, 0.6) is 0 Å². The first kappa shape index (κ1) is 27.5. The van der Waals surface area contributed by atoms with Crippen LogP contribution in [0.1, 0.15) is 48.0 Å². The van der Waals surface area contributed by atoms with E-state index in [0.29, 0.717) is 0 Å². The molecule has 28 heavy (non-hydrogen) atoms. The zero-order valence-electron chi connectivity index (χ0n) is 16.3. The highest BCUT2D eigenvalue weighted by atomic mass is 28.4. The Labute approximate surface area is 158 Å². The van der Waals surface area contributed by atoms with Gasteiger partial charge < -0.3 is 13.3 Å². The Bertz CT molecular complexity index is 467. The Morgan fingerprint density at radius 1 is 0.607 bits per heavy atom. The number of hydrogen-bond acceptors (Lipinski definition) is 3. The molecule has 0 spiro atoms. The lowest BCUT2D eigenvalue weighted by molar-refractivity contribution is -0.396. The summed E-state index contributed by atoms with van der Waals surface area (Å²) in [5.41, 5.74) is 0. The lowest BCUT2D eigenvalue weighted by Gasteiger charge is -2.37. The topological polar surface area (TPSA) is 27.7 Å². The zero-order chi connectivity index (χ0) is 22.8. The summed E-state index contributed by atoms with van der Waals surface area (Å²) in [6, 6.07) is -1.09. The molecule has 0 atom stereocenters. The van der Waals surface area contributed by atoms with Gasteiger partial charge in [-0.25, -0.2) is 0 Å². The van der Waals surface area contributed by atoms with E-state index >= 15 is 0 Å². The molecule has 3 nitrogen and oxygen atoms in total. The van der Waals surface area contributed by atoms with Crippen molar-refractivity contribution < 1.29 is 52.8 Å². The van der Waals surface area contributed by atoms with Gasteiger partial charge >= 0.3 is 32.7 Å². The fraction of sp³-hybridized carbons (Fsp3) is 1.00. The van der Waals surface area contributed by atoms with Gasteiger partial charge in [-0.1, -0.05) is 0 Å². The first-order valence-corrected chi connectivity index (χ1v) is 10.4. The molecular formula is C15H25F9O3Si. The summed E-state index contributed by atoms with van der Waals surface area (Å²) in [4.78, 5) is 0. The molecule has 0 N–H and O–H groups in total. The zero-order valence-corrected chi connectivity index (χ0v) is 17.3. The number of rotatable bonds is 11. The average molecular weight is 452 g/mol. The molecule has 0 heterocycles. The Morgan fingerprint density at radius 2 is 0.929 bits per heavy atom. The van der Waals surface area contributed by atoms with Crippen molar-refractivity contribution in [3.05, 3.63) is 0 Å². The molecule has 0 aromatic carbocycles. The summed E-state index contributed by atoms with van der Waals surface area (Å²) in [7, 11) is -4.12. The monoisotopic (exact) mass is 452 g/mol. The lowest BCUT2D eigenvalue weighted by atomic mass is 10.0. The van der Waals surface area contributed by atoms with Gasteiger partial charge in [-0.15, -0.1) is 0 Å². The maximum Gasteiger partial charge on any atom is 0.501 e. The molecular weight excluding hydrogens is 427 g/mol. The van der Waals surface area contributed by atoms with Gasteiger partial charge in [0.1, 0.15) is 0 Å². The molecule has 0 saturated heterocycles. The molecule has 0 aliphatic heterocycles. The van der Waals surface area contributed by atoms with E-state index in [-0.39, 0.29) is 0 Å². The van der Waals surface area contributed by atoms with Crippen LogP contribution in [0.4, 0.5) is 39.5 Å². The van der Waals surface area contributed by atoms with Gasteiger partial charge in [-0.2, -0.15) is 39.5 Å². The maximum atomic E-state index is 13.9. The number of alkyl halides is 9. The summed E-state index contributed by atoms with van der Waals surface area (Å²) in [6.07, 6.45) is -10.9. The fourth-order valence-corrected chi connectivity index (χ4v) is 5.51. The van der Waals surface area contributed by atoms with Crippen LogP contribution in [0.2, 0.25) is 6.04 Å².